The lowest BCUT2D eigenvalue weighted by Crippen LogP contribution is -2.41. The van der Waals surface area contributed by atoms with Crippen molar-refractivity contribution in [3.63, 3.8) is 0 Å². The fourth-order valence-electron chi connectivity index (χ4n) is 1.68. The molecule has 0 unspecified atom stereocenters. The molecule has 0 aliphatic rings. The van der Waals surface area contributed by atoms with Crippen molar-refractivity contribution in [2.45, 2.75) is 59.2 Å². The molecule has 0 aromatic heterocycles. The van der Waals surface area contributed by atoms with Gasteiger partial charge in [0.1, 0.15) is 11.2 Å². The monoisotopic (exact) mass is 382 g/mol. The predicted octanol–water partition coefficient (Wildman–Crippen LogP) is 1.93. The van der Waals surface area contributed by atoms with Gasteiger partial charge in [0.25, 0.3) is 10.1 Å². The van der Waals surface area contributed by atoms with Crippen LogP contribution in [0.1, 0.15) is 48.0 Å². The Hall–Kier alpha value is -1.55. The minimum atomic E-state index is -4.14. The van der Waals surface area contributed by atoms with E-state index in [1.807, 2.05) is 0 Å². The maximum atomic E-state index is 11.7. The molecule has 0 bridgehead atoms. The highest BCUT2D eigenvalue weighted by Gasteiger charge is 2.21. The van der Waals surface area contributed by atoms with Gasteiger partial charge >= 0.3 is 12.2 Å². The number of nitrogens with one attached hydrogen (secondary N) is 2. The van der Waals surface area contributed by atoms with Gasteiger partial charge in [-0.1, -0.05) is 0 Å². The Bertz CT molecular complexity index is 515. The number of hydrogen-bond donors (Lipinski definition) is 3. The normalized spacial score (nSPS) is 12.6. The van der Waals surface area contributed by atoms with Crippen molar-refractivity contribution >= 4 is 22.3 Å². The molecule has 0 heterocycles. The molecular formula is C15H30N2O7S. The first kappa shape index (κ1) is 23.4. The molecule has 0 aliphatic carbocycles. The Labute approximate surface area is 149 Å². The smallest absolute Gasteiger partial charge is 0.407 e. The lowest BCUT2D eigenvalue weighted by Gasteiger charge is -2.23. The third-order valence-electron chi connectivity index (χ3n) is 2.65. The van der Waals surface area contributed by atoms with E-state index in [0.29, 0.717) is 0 Å². The number of amides is 2. The minimum Gasteiger partial charge on any atom is -0.444 e. The first-order valence-electron chi connectivity index (χ1n) is 7.96. The van der Waals surface area contributed by atoms with Gasteiger partial charge in [-0.15, -0.1) is 0 Å². The lowest BCUT2D eigenvalue weighted by molar-refractivity contribution is 0.0508. The first-order chi connectivity index (χ1) is 11.1. The van der Waals surface area contributed by atoms with Crippen LogP contribution in [0.25, 0.3) is 0 Å². The van der Waals surface area contributed by atoms with E-state index in [-0.39, 0.29) is 19.5 Å². The maximum absolute atomic E-state index is 11.7. The Kier molecular flexibility index (Phi) is 8.66. The van der Waals surface area contributed by atoms with E-state index >= 15 is 0 Å². The zero-order chi connectivity index (χ0) is 19.9. The Balaban J connectivity index is 4.60. The molecule has 0 spiro atoms. The Morgan fingerprint density at radius 2 is 1.28 bits per heavy atom. The number of carbonyl (C=O) groups is 2. The fourth-order valence-corrected chi connectivity index (χ4v) is 2.31. The number of carbonyl (C=O) groups excluding carboxylic acids is 2. The molecule has 0 saturated heterocycles. The van der Waals surface area contributed by atoms with E-state index in [1.54, 1.807) is 41.5 Å². The van der Waals surface area contributed by atoms with Gasteiger partial charge in [-0.05, 0) is 53.9 Å². The van der Waals surface area contributed by atoms with Gasteiger partial charge in [0.2, 0.25) is 0 Å². The summed E-state index contributed by atoms with van der Waals surface area (Å²) >= 11 is 0. The highest BCUT2D eigenvalue weighted by molar-refractivity contribution is 7.85. The molecule has 0 fully saturated rings. The molecule has 0 saturated carbocycles. The van der Waals surface area contributed by atoms with Crippen molar-refractivity contribution in [1.29, 1.82) is 0 Å². The van der Waals surface area contributed by atoms with Crippen LogP contribution < -0.4 is 10.6 Å². The van der Waals surface area contributed by atoms with Gasteiger partial charge in [0.05, 0.1) is 5.75 Å². The van der Waals surface area contributed by atoms with Gasteiger partial charge < -0.3 is 20.1 Å². The van der Waals surface area contributed by atoms with E-state index in [2.05, 4.69) is 10.6 Å². The fraction of sp³-hybridized carbons (Fsp3) is 0.867. The minimum absolute atomic E-state index is 0.0461. The Morgan fingerprint density at radius 3 is 1.56 bits per heavy atom. The van der Waals surface area contributed by atoms with Crippen LogP contribution in [0.15, 0.2) is 0 Å². The second kappa shape index (κ2) is 9.23. The molecule has 10 heteroatoms. The largest absolute Gasteiger partial charge is 0.444 e. The molecule has 9 nitrogen and oxygen atoms in total. The average Bonchev–Trinajstić information content (AvgIpc) is 2.32. The summed E-state index contributed by atoms with van der Waals surface area (Å²) in [6, 6.07) is 0. The molecule has 2 amide bonds. The van der Waals surface area contributed by atoms with E-state index in [9.17, 15) is 18.0 Å². The topological polar surface area (TPSA) is 131 Å². The van der Waals surface area contributed by atoms with Crippen LogP contribution >= 0.6 is 0 Å². The van der Waals surface area contributed by atoms with Gasteiger partial charge in [0, 0.05) is 13.1 Å². The standard InChI is InChI=1S/C15H30N2O7S/c1-14(2,3)23-12(18)16-9-11(7-8-25(20,21)22)10-17-13(19)24-15(4,5)6/h11H,7-10H2,1-6H3,(H,16,18)(H,17,19)(H,20,21,22). The average molecular weight is 382 g/mol. The maximum Gasteiger partial charge on any atom is 0.407 e. The Morgan fingerprint density at radius 1 is 0.920 bits per heavy atom. The zero-order valence-corrected chi connectivity index (χ0v) is 16.5. The van der Waals surface area contributed by atoms with Crippen LogP contribution in [0.5, 0.6) is 0 Å². The summed E-state index contributed by atoms with van der Waals surface area (Å²) in [5.74, 6) is -0.911. The number of hydrogen-bond acceptors (Lipinski definition) is 6. The second-order valence-corrected chi connectivity index (χ2v) is 9.28. The quantitative estimate of drug-likeness (QED) is 0.573. The van der Waals surface area contributed by atoms with Gasteiger partial charge in [-0.25, -0.2) is 9.59 Å². The summed E-state index contributed by atoms with van der Waals surface area (Å²) in [6.07, 6.45) is -1.26. The van der Waals surface area contributed by atoms with Crippen LogP contribution in [0.2, 0.25) is 0 Å². The second-order valence-electron chi connectivity index (χ2n) is 7.71. The summed E-state index contributed by atoms with van der Waals surface area (Å²) in [5.41, 5.74) is -1.33. The lowest BCUT2D eigenvalue weighted by atomic mass is 10.1. The molecule has 0 aromatic rings. The molecule has 148 valence electrons. The molecule has 0 radical (unpaired) electrons. The summed E-state index contributed by atoms with van der Waals surface area (Å²) < 4.78 is 40.9. The van der Waals surface area contributed by atoms with E-state index in [0.717, 1.165) is 0 Å². The van der Waals surface area contributed by atoms with Crippen molar-refractivity contribution in [1.82, 2.24) is 10.6 Å². The van der Waals surface area contributed by atoms with Crippen LogP contribution in [-0.4, -0.2) is 55.2 Å². The summed E-state index contributed by atoms with van der Waals surface area (Å²) in [6.45, 7) is 10.4. The van der Waals surface area contributed by atoms with Crippen LogP contribution in [0.4, 0.5) is 9.59 Å². The SMILES string of the molecule is CC(C)(C)OC(=O)NCC(CCS(=O)(=O)O)CNC(=O)OC(C)(C)C. The molecule has 25 heavy (non-hydrogen) atoms. The first-order valence-corrected chi connectivity index (χ1v) is 9.57. The highest BCUT2D eigenvalue weighted by atomic mass is 32.2. The number of alkyl carbamates (subject to hydrolysis) is 2. The van der Waals surface area contributed by atoms with Crippen molar-refractivity contribution in [3.05, 3.63) is 0 Å². The molecular weight excluding hydrogens is 352 g/mol. The summed E-state index contributed by atoms with van der Waals surface area (Å²) in [7, 11) is -4.14. The molecule has 0 rings (SSSR count). The summed E-state index contributed by atoms with van der Waals surface area (Å²) in [5, 5.41) is 5.04. The van der Waals surface area contributed by atoms with Gasteiger partial charge in [-0.3, -0.25) is 4.55 Å². The van der Waals surface area contributed by atoms with Gasteiger partial charge in [0.15, 0.2) is 0 Å². The van der Waals surface area contributed by atoms with Gasteiger partial charge in [-0.2, -0.15) is 8.42 Å². The van der Waals surface area contributed by atoms with Crippen molar-refractivity contribution < 1.29 is 32.0 Å². The zero-order valence-electron chi connectivity index (χ0n) is 15.7. The van der Waals surface area contributed by atoms with E-state index in [4.69, 9.17) is 14.0 Å². The third-order valence-corrected chi connectivity index (χ3v) is 3.40. The van der Waals surface area contributed by atoms with Crippen LogP contribution in [0, 0.1) is 5.92 Å². The predicted molar refractivity (Wildman–Crippen MR) is 93.0 cm³/mol. The third kappa shape index (κ3) is 15.7. The van der Waals surface area contributed by atoms with Crippen molar-refractivity contribution in [2.24, 2.45) is 5.92 Å². The highest BCUT2D eigenvalue weighted by Crippen LogP contribution is 2.09. The van der Waals surface area contributed by atoms with E-state index < -0.39 is 45.2 Å². The van der Waals surface area contributed by atoms with Crippen LogP contribution in [-0.2, 0) is 19.6 Å². The van der Waals surface area contributed by atoms with Crippen LogP contribution in [0.3, 0.4) is 0 Å². The molecule has 0 aliphatic heterocycles. The number of ether oxygens (including phenoxy) is 2. The molecule has 0 atom stereocenters. The summed E-state index contributed by atoms with van der Waals surface area (Å²) in [4.78, 5) is 23.4. The van der Waals surface area contributed by atoms with E-state index in [1.165, 1.54) is 0 Å². The molecule has 0 aromatic carbocycles. The molecule has 3 N–H and O–H groups in total. The number of rotatable bonds is 7. The van der Waals surface area contributed by atoms with Crippen molar-refractivity contribution in [2.75, 3.05) is 18.8 Å². The van der Waals surface area contributed by atoms with Crippen molar-refractivity contribution in [3.8, 4) is 0 Å².